The number of nitrogens with zero attached hydrogens (tertiary/aromatic N) is 2. The number of nitrogens with one attached hydrogen (secondary N) is 2. The molecule has 2 aromatic carbocycles. The number of benzene rings is 2. The Hall–Kier alpha value is -2.73. The van der Waals surface area contributed by atoms with Crippen molar-refractivity contribution in [1.29, 1.82) is 0 Å². The monoisotopic (exact) mass is 368 g/mol. The van der Waals surface area contributed by atoms with E-state index in [2.05, 4.69) is 36.5 Å². The fraction of sp³-hybridized carbons (Fsp3) is 0. The number of carbonyl (C=O) groups excluding carboxylic acids is 1. The number of para-hydroxylation sites is 1. The fourth-order valence-electron chi connectivity index (χ4n) is 1.98. The summed E-state index contributed by atoms with van der Waals surface area (Å²) in [5, 5.41) is 5.94. The van der Waals surface area contributed by atoms with Gasteiger partial charge in [-0.15, -0.1) is 0 Å². The van der Waals surface area contributed by atoms with Crippen molar-refractivity contribution in [1.82, 2.24) is 9.97 Å². The fourth-order valence-corrected chi connectivity index (χ4v) is 2.38. The summed E-state index contributed by atoms with van der Waals surface area (Å²) < 4.78 is 0.893. The molecule has 0 unspecified atom stereocenters. The normalized spacial score (nSPS) is 10.1. The van der Waals surface area contributed by atoms with Crippen molar-refractivity contribution in [3.05, 3.63) is 77.2 Å². The molecule has 0 fully saturated rings. The smallest absolute Gasteiger partial charge is 0.274 e. The Morgan fingerprint density at radius 2 is 1.70 bits per heavy atom. The van der Waals surface area contributed by atoms with Gasteiger partial charge in [0, 0.05) is 21.9 Å². The molecule has 3 aromatic rings. The SMILES string of the molecule is O=C(Nc1cccc(Br)c1)c1cc(Nc2ccccc2)ncn1. The van der Waals surface area contributed by atoms with E-state index >= 15 is 0 Å². The number of aromatic nitrogens is 2. The third kappa shape index (κ3) is 4.14. The van der Waals surface area contributed by atoms with Crippen LogP contribution < -0.4 is 10.6 Å². The summed E-state index contributed by atoms with van der Waals surface area (Å²) in [7, 11) is 0. The summed E-state index contributed by atoms with van der Waals surface area (Å²) in [6.45, 7) is 0. The number of anilines is 3. The van der Waals surface area contributed by atoms with Crippen molar-refractivity contribution in [2.24, 2.45) is 0 Å². The van der Waals surface area contributed by atoms with E-state index in [0.717, 1.165) is 10.2 Å². The Morgan fingerprint density at radius 1 is 0.913 bits per heavy atom. The quantitative estimate of drug-likeness (QED) is 0.722. The topological polar surface area (TPSA) is 66.9 Å². The van der Waals surface area contributed by atoms with E-state index in [1.165, 1.54) is 6.33 Å². The molecule has 0 aliphatic carbocycles. The van der Waals surface area contributed by atoms with Gasteiger partial charge in [-0.05, 0) is 30.3 Å². The molecule has 0 saturated heterocycles. The molecule has 2 N–H and O–H groups in total. The highest BCUT2D eigenvalue weighted by molar-refractivity contribution is 9.10. The minimum atomic E-state index is -0.290. The lowest BCUT2D eigenvalue weighted by Crippen LogP contribution is -2.14. The predicted molar refractivity (Wildman–Crippen MR) is 93.9 cm³/mol. The Bertz CT molecular complexity index is 824. The molecular formula is C17H13BrN4O. The zero-order valence-electron chi connectivity index (χ0n) is 12.0. The molecule has 0 aliphatic rings. The van der Waals surface area contributed by atoms with Gasteiger partial charge in [0.25, 0.3) is 5.91 Å². The average molecular weight is 369 g/mol. The van der Waals surface area contributed by atoms with Crippen molar-refractivity contribution in [3.8, 4) is 0 Å². The highest BCUT2D eigenvalue weighted by atomic mass is 79.9. The number of hydrogen-bond acceptors (Lipinski definition) is 4. The van der Waals surface area contributed by atoms with Gasteiger partial charge >= 0.3 is 0 Å². The maximum atomic E-state index is 12.3. The largest absolute Gasteiger partial charge is 0.340 e. The average Bonchev–Trinajstić information content (AvgIpc) is 2.56. The summed E-state index contributed by atoms with van der Waals surface area (Å²) in [5.74, 6) is 0.271. The lowest BCUT2D eigenvalue weighted by Gasteiger charge is -2.08. The van der Waals surface area contributed by atoms with Gasteiger partial charge in [0.15, 0.2) is 0 Å². The third-order valence-electron chi connectivity index (χ3n) is 3.03. The molecule has 6 heteroatoms. The predicted octanol–water partition coefficient (Wildman–Crippen LogP) is 4.24. The van der Waals surface area contributed by atoms with E-state index in [1.807, 2.05) is 54.6 Å². The van der Waals surface area contributed by atoms with Crippen LogP contribution in [0.5, 0.6) is 0 Å². The highest BCUT2D eigenvalue weighted by Crippen LogP contribution is 2.17. The molecule has 0 atom stereocenters. The number of halogens is 1. The first-order chi connectivity index (χ1) is 11.2. The van der Waals surface area contributed by atoms with Crippen LogP contribution in [0.25, 0.3) is 0 Å². The molecule has 23 heavy (non-hydrogen) atoms. The Kier molecular flexibility index (Phi) is 4.63. The molecule has 0 spiro atoms. The van der Waals surface area contributed by atoms with Gasteiger partial charge in [0.05, 0.1) is 0 Å². The molecule has 114 valence electrons. The van der Waals surface area contributed by atoms with Gasteiger partial charge in [-0.3, -0.25) is 4.79 Å². The maximum Gasteiger partial charge on any atom is 0.274 e. The minimum Gasteiger partial charge on any atom is -0.340 e. The van der Waals surface area contributed by atoms with Crippen LogP contribution in [-0.4, -0.2) is 15.9 Å². The molecule has 3 rings (SSSR count). The molecule has 0 saturated carbocycles. The van der Waals surface area contributed by atoms with Gasteiger partial charge < -0.3 is 10.6 Å². The second-order valence-corrected chi connectivity index (χ2v) is 5.66. The second-order valence-electron chi connectivity index (χ2n) is 4.74. The highest BCUT2D eigenvalue weighted by Gasteiger charge is 2.09. The molecule has 1 heterocycles. The number of carbonyl (C=O) groups is 1. The minimum absolute atomic E-state index is 0.290. The van der Waals surface area contributed by atoms with E-state index < -0.39 is 0 Å². The maximum absolute atomic E-state index is 12.3. The van der Waals surface area contributed by atoms with Crippen molar-refractivity contribution in [2.75, 3.05) is 10.6 Å². The third-order valence-corrected chi connectivity index (χ3v) is 3.52. The molecular weight excluding hydrogens is 356 g/mol. The number of rotatable bonds is 4. The van der Waals surface area contributed by atoms with Crippen LogP contribution >= 0.6 is 15.9 Å². The molecule has 0 radical (unpaired) electrons. The van der Waals surface area contributed by atoms with Crippen LogP contribution in [0, 0.1) is 0 Å². The van der Waals surface area contributed by atoms with Crippen molar-refractivity contribution < 1.29 is 4.79 Å². The first-order valence-corrected chi connectivity index (χ1v) is 7.71. The van der Waals surface area contributed by atoms with Crippen molar-refractivity contribution in [3.63, 3.8) is 0 Å². The van der Waals surface area contributed by atoms with E-state index in [9.17, 15) is 4.79 Å². The number of amides is 1. The van der Waals surface area contributed by atoms with E-state index in [0.29, 0.717) is 17.2 Å². The summed E-state index contributed by atoms with van der Waals surface area (Å²) in [5.41, 5.74) is 1.88. The first kappa shape index (κ1) is 15.2. The van der Waals surface area contributed by atoms with Crippen molar-refractivity contribution in [2.45, 2.75) is 0 Å². The second kappa shape index (κ2) is 7.02. The molecule has 0 aliphatic heterocycles. The summed E-state index contributed by atoms with van der Waals surface area (Å²) in [6.07, 6.45) is 1.36. The van der Waals surface area contributed by atoms with E-state index in [1.54, 1.807) is 6.07 Å². The van der Waals surface area contributed by atoms with Crippen LogP contribution in [0.2, 0.25) is 0 Å². The summed E-state index contributed by atoms with van der Waals surface area (Å²) in [6, 6.07) is 18.6. The lowest BCUT2D eigenvalue weighted by molar-refractivity contribution is 0.102. The molecule has 0 bridgehead atoms. The first-order valence-electron chi connectivity index (χ1n) is 6.92. The van der Waals surface area contributed by atoms with Crippen LogP contribution in [-0.2, 0) is 0 Å². The van der Waals surface area contributed by atoms with Gasteiger partial charge in [0.1, 0.15) is 17.8 Å². The van der Waals surface area contributed by atoms with Gasteiger partial charge in [-0.1, -0.05) is 40.2 Å². The van der Waals surface area contributed by atoms with E-state index in [-0.39, 0.29) is 5.91 Å². The molecule has 1 aromatic heterocycles. The van der Waals surface area contributed by atoms with Crippen molar-refractivity contribution >= 4 is 39.0 Å². The van der Waals surface area contributed by atoms with Crippen LogP contribution in [0.1, 0.15) is 10.5 Å². The molecule has 5 nitrogen and oxygen atoms in total. The van der Waals surface area contributed by atoms with Crippen LogP contribution in [0.3, 0.4) is 0 Å². The number of hydrogen-bond donors (Lipinski definition) is 2. The zero-order chi connectivity index (χ0) is 16.1. The standard InChI is InChI=1S/C17H13BrN4O/c18-12-5-4-8-14(9-12)22-17(23)15-10-16(20-11-19-15)21-13-6-2-1-3-7-13/h1-11H,(H,22,23)(H,19,20,21). The zero-order valence-corrected chi connectivity index (χ0v) is 13.6. The van der Waals surface area contributed by atoms with Gasteiger partial charge in [0.2, 0.25) is 0 Å². The van der Waals surface area contributed by atoms with E-state index in [4.69, 9.17) is 0 Å². The Balaban J connectivity index is 1.75. The van der Waals surface area contributed by atoms with Crippen LogP contribution in [0.4, 0.5) is 17.2 Å². The van der Waals surface area contributed by atoms with Gasteiger partial charge in [-0.2, -0.15) is 0 Å². The summed E-state index contributed by atoms with van der Waals surface area (Å²) >= 11 is 3.37. The molecule has 1 amide bonds. The van der Waals surface area contributed by atoms with Crippen LogP contribution in [0.15, 0.2) is 71.5 Å². The lowest BCUT2D eigenvalue weighted by atomic mass is 10.3. The van der Waals surface area contributed by atoms with Gasteiger partial charge in [-0.25, -0.2) is 9.97 Å². The Labute approximate surface area is 141 Å². The Morgan fingerprint density at radius 3 is 2.48 bits per heavy atom. The summed E-state index contributed by atoms with van der Waals surface area (Å²) in [4.78, 5) is 20.4.